The molecule has 100 valence electrons. The van der Waals surface area contributed by atoms with E-state index in [0.717, 1.165) is 24.1 Å². The van der Waals surface area contributed by atoms with Gasteiger partial charge in [0, 0.05) is 23.4 Å². The third-order valence-electron chi connectivity index (χ3n) is 3.26. The molecule has 0 amide bonds. The predicted molar refractivity (Wildman–Crippen MR) is 75.1 cm³/mol. The van der Waals surface area contributed by atoms with E-state index in [9.17, 15) is 10.1 Å². The first-order chi connectivity index (χ1) is 8.60. The fourth-order valence-corrected chi connectivity index (χ4v) is 2.03. The van der Waals surface area contributed by atoms with Crippen molar-refractivity contribution in [3.63, 3.8) is 0 Å². The van der Waals surface area contributed by atoms with Crippen molar-refractivity contribution in [2.24, 2.45) is 0 Å². The summed E-state index contributed by atoms with van der Waals surface area (Å²) in [5.41, 5.74) is 1.79. The second-order valence-corrected chi connectivity index (χ2v) is 4.60. The lowest BCUT2D eigenvalue weighted by Gasteiger charge is -2.19. The molecule has 0 spiro atoms. The minimum Gasteiger partial charge on any atom is -0.382 e. The number of hydrogen-bond donors (Lipinski definition) is 1. The van der Waals surface area contributed by atoms with Crippen molar-refractivity contribution in [1.82, 2.24) is 0 Å². The van der Waals surface area contributed by atoms with Crippen molar-refractivity contribution in [2.45, 2.75) is 52.5 Å². The van der Waals surface area contributed by atoms with Crippen LogP contribution >= 0.6 is 0 Å². The Morgan fingerprint density at radius 1 is 1.39 bits per heavy atom. The second kappa shape index (κ2) is 6.99. The Hall–Kier alpha value is -1.58. The molecule has 0 aromatic heterocycles. The van der Waals surface area contributed by atoms with E-state index in [0.29, 0.717) is 6.04 Å². The maximum Gasteiger partial charge on any atom is 0.274 e. The maximum atomic E-state index is 10.9. The summed E-state index contributed by atoms with van der Waals surface area (Å²) in [4.78, 5) is 10.6. The number of benzene rings is 1. The molecule has 0 saturated heterocycles. The highest BCUT2D eigenvalue weighted by molar-refractivity contribution is 5.60. The maximum absolute atomic E-state index is 10.9. The normalized spacial score (nSPS) is 12.2. The van der Waals surface area contributed by atoms with Gasteiger partial charge in [0.25, 0.3) is 5.69 Å². The molecule has 0 heterocycles. The Kier molecular flexibility index (Phi) is 5.62. The molecule has 0 aliphatic carbocycles. The molecule has 0 aliphatic rings. The van der Waals surface area contributed by atoms with E-state index >= 15 is 0 Å². The van der Waals surface area contributed by atoms with Crippen LogP contribution in [0.15, 0.2) is 18.2 Å². The van der Waals surface area contributed by atoms with Crippen LogP contribution in [-0.2, 0) is 0 Å². The summed E-state index contributed by atoms with van der Waals surface area (Å²) in [6, 6.07) is 5.59. The van der Waals surface area contributed by atoms with Gasteiger partial charge in [0.15, 0.2) is 0 Å². The van der Waals surface area contributed by atoms with Gasteiger partial charge in [-0.1, -0.05) is 32.8 Å². The SMILES string of the molecule is CCCCC(CC)Nc1cccc([N+](=O)[O-])c1C. The fraction of sp³-hybridized carbons (Fsp3) is 0.571. The first-order valence-corrected chi connectivity index (χ1v) is 6.60. The number of anilines is 1. The topological polar surface area (TPSA) is 55.2 Å². The zero-order valence-corrected chi connectivity index (χ0v) is 11.4. The molecule has 1 N–H and O–H groups in total. The molecular formula is C14H22N2O2. The molecule has 0 aliphatic heterocycles. The predicted octanol–water partition coefficient (Wildman–Crippen LogP) is 4.28. The summed E-state index contributed by atoms with van der Waals surface area (Å²) in [6.07, 6.45) is 4.49. The summed E-state index contributed by atoms with van der Waals surface area (Å²) in [7, 11) is 0. The quantitative estimate of drug-likeness (QED) is 0.580. The van der Waals surface area contributed by atoms with Gasteiger partial charge in [-0.25, -0.2) is 0 Å². The lowest BCUT2D eigenvalue weighted by atomic mass is 10.1. The van der Waals surface area contributed by atoms with Crippen molar-refractivity contribution < 1.29 is 4.92 Å². The molecule has 1 rings (SSSR count). The van der Waals surface area contributed by atoms with E-state index in [4.69, 9.17) is 0 Å². The van der Waals surface area contributed by atoms with Crippen molar-refractivity contribution in [1.29, 1.82) is 0 Å². The molecule has 18 heavy (non-hydrogen) atoms. The van der Waals surface area contributed by atoms with Gasteiger partial charge in [-0.3, -0.25) is 10.1 Å². The molecule has 0 radical (unpaired) electrons. The van der Waals surface area contributed by atoms with Crippen LogP contribution in [0.25, 0.3) is 0 Å². The Labute approximate surface area is 109 Å². The molecular weight excluding hydrogens is 228 g/mol. The number of nitrogens with one attached hydrogen (secondary N) is 1. The Morgan fingerprint density at radius 3 is 2.67 bits per heavy atom. The Morgan fingerprint density at radius 2 is 2.11 bits per heavy atom. The summed E-state index contributed by atoms with van der Waals surface area (Å²) in [5.74, 6) is 0. The summed E-state index contributed by atoms with van der Waals surface area (Å²) in [6.45, 7) is 6.11. The summed E-state index contributed by atoms with van der Waals surface area (Å²) >= 11 is 0. The molecule has 0 saturated carbocycles. The average molecular weight is 250 g/mol. The van der Waals surface area contributed by atoms with Gasteiger partial charge in [0.1, 0.15) is 0 Å². The minimum atomic E-state index is -0.326. The van der Waals surface area contributed by atoms with Gasteiger partial charge < -0.3 is 5.32 Å². The molecule has 1 aromatic rings. The summed E-state index contributed by atoms with van der Waals surface area (Å²) in [5, 5.41) is 14.3. The number of hydrogen-bond acceptors (Lipinski definition) is 3. The minimum absolute atomic E-state index is 0.186. The first-order valence-electron chi connectivity index (χ1n) is 6.60. The lowest BCUT2D eigenvalue weighted by molar-refractivity contribution is -0.385. The zero-order chi connectivity index (χ0) is 13.5. The van der Waals surface area contributed by atoms with Gasteiger partial charge in [-0.05, 0) is 25.8 Å². The highest BCUT2D eigenvalue weighted by Crippen LogP contribution is 2.26. The molecule has 4 nitrogen and oxygen atoms in total. The van der Waals surface area contributed by atoms with Crippen molar-refractivity contribution in [3.05, 3.63) is 33.9 Å². The molecule has 1 aromatic carbocycles. The summed E-state index contributed by atoms with van der Waals surface area (Å²) < 4.78 is 0. The number of nitro groups is 1. The fourth-order valence-electron chi connectivity index (χ4n) is 2.03. The van der Waals surface area contributed by atoms with Crippen molar-refractivity contribution in [2.75, 3.05) is 5.32 Å². The van der Waals surface area contributed by atoms with Crippen LogP contribution in [-0.4, -0.2) is 11.0 Å². The molecule has 1 unspecified atom stereocenters. The number of nitro benzene ring substituents is 1. The van der Waals surface area contributed by atoms with Gasteiger partial charge >= 0.3 is 0 Å². The van der Waals surface area contributed by atoms with Crippen LogP contribution in [0.4, 0.5) is 11.4 Å². The smallest absolute Gasteiger partial charge is 0.274 e. The first kappa shape index (κ1) is 14.5. The van der Waals surface area contributed by atoms with Crippen molar-refractivity contribution >= 4 is 11.4 Å². The van der Waals surface area contributed by atoms with Crippen molar-refractivity contribution in [3.8, 4) is 0 Å². The van der Waals surface area contributed by atoms with E-state index in [-0.39, 0.29) is 10.6 Å². The third kappa shape index (κ3) is 3.72. The van der Waals surface area contributed by atoms with Gasteiger partial charge in [0.05, 0.1) is 4.92 Å². The molecule has 4 heteroatoms. The van der Waals surface area contributed by atoms with E-state index in [1.165, 1.54) is 12.8 Å². The highest BCUT2D eigenvalue weighted by atomic mass is 16.6. The molecule has 1 atom stereocenters. The number of unbranched alkanes of at least 4 members (excludes halogenated alkanes) is 1. The van der Waals surface area contributed by atoms with E-state index in [2.05, 4.69) is 19.2 Å². The monoisotopic (exact) mass is 250 g/mol. The largest absolute Gasteiger partial charge is 0.382 e. The van der Waals surface area contributed by atoms with Crippen LogP contribution in [0, 0.1) is 17.0 Å². The number of rotatable bonds is 7. The highest BCUT2D eigenvalue weighted by Gasteiger charge is 2.15. The van der Waals surface area contributed by atoms with Crippen LogP contribution < -0.4 is 5.32 Å². The molecule has 0 bridgehead atoms. The van der Waals surface area contributed by atoms with Gasteiger partial charge in [-0.15, -0.1) is 0 Å². The Balaban J connectivity index is 2.83. The third-order valence-corrected chi connectivity index (χ3v) is 3.26. The second-order valence-electron chi connectivity index (χ2n) is 4.60. The van der Waals surface area contributed by atoms with Crippen LogP contribution in [0.2, 0.25) is 0 Å². The van der Waals surface area contributed by atoms with Crippen LogP contribution in [0.3, 0.4) is 0 Å². The standard InChI is InChI=1S/C14H22N2O2/c1-4-6-8-12(5-2)15-13-9-7-10-14(11(13)3)16(17)18/h7,9-10,12,15H,4-6,8H2,1-3H3. The van der Waals surface area contributed by atoms with Crippen LogP contribution in [0.5, 0.6) is 0 Å². The van der Waals surface area contributed by atoms with E-state index < -0.39 is 0 Å². The van der Waals surface area contributed by atoms with Gasteiger partial charge in [-0.2, -0.15) is 0 Å². The van der Waals surface area contributed by atoms with E-state index in [1.54, 1.807) is 19.1 Å². The van der Waals surface area contributed by atoms with E-state index in [1.807, 2.05) is 6.07 Å². The average Bonchev–Trinajstić information content (AvgIpc) is 2.36. The van der Waals surface area contributed by atoms with Gasteiger partial charge in [0.2, 0.25) is 0 Å². The molecule has 0 fully saturated rings. The lowest BCUT2D eigenvalue weighted by Crippen LogP contribution is -2.19. The Bertz CT molecular complexity index is 405. The number of nitrogens with zero attached hydrogens (tertiary/aromatic N) is 1. The zero-order valence-electron chi connectivity index (χ0n) is 11.4. The van der Waals surface area contributed by atoms with Crippen LogP contribution in [0.1, 0.15) is 45.1 Å².